The van der Waals surface area contributed by atoms with Gasteiger partial charge in [0.05, 0.1) is 12.2 Å². The van der Waals surface area contributed by atoms with Gasteiger partial charge in [-0.2, -0.15) is 9.61 Å². The molecule has 0 radical (unpaired) electrons. The van der Waals surface area contributed by atoms with E-state index in [1.165, 1.54) is 35.2 Å². The first kappa shape index (κ1) is 17.3. The molecule has 0 atom stereocenters. The van der Waals surface area contributed by atoms with E-state index in [2.05, 4.69) is 37.0 Å². The Bertz CT molecular complexity index is 1340. The van der Waals surface area contributed by atoms with E-state index in [9.17, 15) is 4.79 Å². The highest BCUT2D eigenvalue weighted by molar-refractivity contribution is 5.63. The third kappa shape index (κ3) is 2.87. The van der Waals surface area contributed by atoms with Gasteiger partial charge in [-0.3, -0.25) is 14.5 Å². The van der Waals surface area contributed by atoms with Crippen LogP contribution in [0.2, 0.25) is 0 Å². The van der Waals surface area contributed by atoms with E-state index >= 15 is 0 Å². The normalized spacial score (nSPS) is 16.1. The summed E-state index contributed by atoms with van der Waals surface area (Å²) in [6, 6.07) is 6.13. The monoisotopic (exact) mass is 399 g/mol. The van der Waals surface area contributed by atoms with Crippen molar-refractivity contribution in [3.05, 3.63) is 70.2 Å². The van der Waals surface area contributed by atoms with E-state index in [-0.39, 0.29) is 5.56 Å². The topological polar surface area (TPSA) is 81.2 Å². The van der Waals surface area contributed by atoms with Crippen LogP contribution < -0.4 is 10.5 Å². The van der Waals surface area contributed by atoms with Gasteiger partial charge in [0.15, 0.2) is 11.5 Å². The summed E-state index contributed by atoms with van der Waals surface area (Å²) in [6.07, 6.45) is 10.8. The van der Waals surface area contributed by atoms with Crippen molar-refractivity contribution < 1.29 is 0 Å². The maximum absolute atomic E-state index is 12.2. The summed E-state index contributed by atoms with van der Waals surface area (Å²) in [5.41, 5.74) is 5.91. The van der Waals surface area contributed by atoms with E-state index in [1.54, 1.807) is 0 Å². The first-order valence-corrected chi connectivity index (χ1v) is 10.3. The Morgan fingerprint density at radius 1 is 1.10 bits per heavy atom. The molecule has 0 amide bonds. The third-order valence-electron chi connectivity index (χ3n) is 5.94. The molecule has 0 N–H and O–H groups in total. The first-order chi connectivity index (χ1) is 14.7. The molecule has 0 spiro atoms. The Labute approximate surface area is 172 Å². The van der Waals surface area contributed by atoms with Crippen LogP contribution in [-0.4, -0.2) is 35.9 Å². The van der Waals surface area contributed by atoms with Crippen LogP contribution in [0.1, 0.15) is 35.7 Å². The summed E-state index contributed by atoms with van der Waals surface area (Å²) in [5, 5.41) is 9.12. The largest absolute Gasteiger partial charge is 0.350 e. The average Bonchev–Trinajstić information content (AvgIpc) is 3.49. The maximum Gasteiger partial charge on any atom is 0.274 e. The predicted octanol–water partition coefficient (Wildman–Crippen LogP) is 2.55. The van der Waals surface area contributed by atoms with Gasteiger partial charge >= 0.3 is 0 Å². The van der Waals surface area contributed by atoms with Crippen molar-refractivity contribution in [1.82, 2.24) is 29.4 Å². The van der Waals surface area contributed by atoms with Crippen LogP contribution in [0.15, 0.2) is 47.8 Å². The first-order valence-electron chi connectivity index (χ1n) is 10.3. The van der Waals surface area contributed by atoms with E-state index in [0.29, 0.717) is 18.2 Å². The van der Waals surface area contributed by atoms with Gasteiger partial charge in [-0.1, -0.05) is 0 Å². The Balaban J connectivity index is 1.35. The molecule has 6 rings (SSSR count). The molecule has 1 saturated carbocycles. The van der Waals surface area contributed by atoms with Gasteiger partial charge in [-0.25, -0.2) is 4.98 Å². The van der Waals surface area contributed by atoms with Crippen molar-refractivity contribution in [3.63, 3.8) is 0 Å². The van der Waals surface area contributed by atoms with Crippen LogP contribution in [0, 0.1) is 6.92 Å². The minimum absolute atomic E-state index is 0.171. The minimum Gasteiger partial charge on any atom is -0.350 e. The molecule has 0 saturated heterocycles. The summed E-state index contributed by atoms with van der Waals surface area (Å²) >= 11 is 0. The molecule has 30 heavy (non-hydrogen) atoms. The number of aryl methyl sites for hydroxylation is 1. The van der Waals surface area contributed by atoms with Crippen LogP contribution in [0.4, 0.5) is 5.82 Å². The fraction of sp³-hybridized carbons (Fsp3) is 0.318. The lowest BCUT2D eigenvalue weighted by molar-refractivity contribution is 0.642. The SMILES string of the molecule is Cc1cc2nccc(=O)n2nc1N1CCc2ncc(-c3cnn(C4CC4)c3)cc2C1. The Morgan fingerprint density at radius 3 is 2.87 bits per heavy atom. The zero-order valence-corrected chi connectivity index (χ0v) is 16.7. The molecule has 8 heteroatoms. The van der Waals surface area contributed by atoms with Crippen molar-refractivity contribution in [1.29, 1.82) is 0 Å². The third-order valence-corrected chi connectivity index (χ3v) is 5.94. The number of nitrogens with zero attached hydrogens (tertiary/aromatic N) is 7. The van der Waals surface area contributed by atoms with Gasteiger partial charge in [0.2, 0.25) is 0 Å². The molecular formula is C22H21N7O. The minimum atomic E-state index is -0.171. The second-order valence-electron chi connectivity index (χ2n) is 8.15. The highest BCUT2D eigenvalue weighted by Gasteiger charge is 2.25. The molecule has 0 aromatic carbocycles. The Morgan fingerprint density at radius 2 is 2.00 bits per heavy atom. The molecule has 4 aromatic rings. The zero-order valence-electron chi connectivity index (χ0n) is 16.7. The van der Waals surface area contributed by atoms with Gasteiger partial charge in [0.25, 0.3) is 5.56 Å². The lowest BCUT2D eigenvalue weighted by atomic mass is 10.0. The van der Waals surface area contributed by atoms with Crippen molar-refractivity contribution in [2.45, 2.75) is 38.8 Å². The van der Waals surface area contributed by atoms with Gasteiger partial charge in [-0.15, -0.1) is 5.10 Å². The van der Waals surface area contributed by atoms with Crippen LogP contribution in [0.3, 0.4) is 0 Å². The van der Waals surface area contributed by atoms with E-state index in [0.717, 1.165) is 41.2 Å². The maximum atomic E-state index is 12.2. The van der Waals surface area contributed by atoms with E-state index in [1.807, 2.05) is 25.4 Å². The smallest absolute Gasteiger partial charge is 0.274 e. The summed E-state index contributed by atoms with van der Waals surface area (Å²) in [7, 11) is 0. The Kier molecular flexibility index (Phi) is 3.74. The van der Waals surface area contributed by atoms with E-state index < -0.39 is 0 Å². The lowest BCUT2D eigenvalue weighted by Crippen LogP contribution is -2.33. The molecule has 1 fully saturated rings. The molecule has 0 bridgehead atoms. The number of fused-ring (bicyclic) bond motifs is 2. The van der Waals surface area contributed by atoms with Crippen molar-refractivity contribution in [3.8, 4) is 11.1 Å². The number of hydrogen-bond donors (Lipinski definition) is 0. The molecule has 8 nitrogen and oxygen atoms in total. The zero-order chi connectivity index (χ0) is 20.2. The summed E-state index contributed by atoms with van der Waals surface area (Å²) in [4.78, 5) is 23.4. The quantitative estimate of drug-likeness (QED) is 0.527. The standard InChI is InChI=1S/C22H21N7O/c1-14-8-20-23-6-4-21(30)29(20)26-22(14)27-7-5-19-16(12-27)9-15(10-24-19)17-11-25-28(13-17)18-2-3-18/h4,6,8-11,13,18H,2-3,5,7,12H2,1H3. The van der Waals surface area contributed by atoms with Gasteiger partial charge in [-0.05, 0) is 43.0 Å². The van der Waals surface area contributed by atoms with Crippen LogP contribution >= 0.6 is 0 Å². The number of anilines is 1. The molecule has 5 heterocycles. The van der Waals surface area contributed by atoms with Crippen molar-refractivity contribution >= 4 is 11.5 Å². The number of rotatable bonds is 3. The van der Waals surface area contributed by atoms with Crippen LogP contribution in [0.5, 0.6) is 0 Å². The second-order valence-corrected chi connectivity index (χ2v) is 8.15. The summed E-state index contributed by atoms with van der Waals surface area (Å²) in [5.74, 6) is 0.815. The molecule has 2 aliphatic rings. The molecule has 1 aliphatic heterocycles. The average molecular weight is 399 g/mol. The lowest BCUT2D eigenvalue weighted by Gasteiger charge is -2.30. The molecule has 1 aliphatic carbocycles. The van der Waals surface area contributed by atoms with Crippen LogP contribution in [-0.2, 0) is 13.0 Å². The Hall–Kier alpha value is -3.55. The van der Waals surface area contributed by atoms with Crippen molar-refractivity contribution in [2.75, 3.05) is 11.4 Å². The highest BCUT2D eigenvalue weighted by Crippen LogP contribution is 2.35. The molecule has 4 aromatic heterocycles. The molecule has 150 valence electrons. The van der Waals surface area contributed by atoms with E-state index in [4.69, 9.17) is 4.98 Å². The number of hydrogen-bond acceptors (Lipinski definition) is 6. The molecule has 0 unspecified atom stereocenters. The fourth-order valence-corrected chi connectivity index (χ4v) is 4.15. The number of pyridine rings is 1. The van der Waals surface area contributed by atoms with Gasteiger partial charge in [0, 0.05) is 61.0 Å². The predicted molar refractivity (Wildman–Crippen MR) is 112 cm³/mol. The van der Waals surface area contributed by atoms with Gasteiger partial charge < -0.3 is 4.90 Å². The molecular weight excluding hydrogens is 378 g/mol. The van der Waals surface area contributed by atoms with Crippen LogP contribution in [0.25, 0.3) is 16.8 Å². The van der Waals surface area contributed by atoms with Gasteiger partial charge in [0.1, 0.15) is 0 Å². The summed E-state index contributed by atoms with van der Waals surface area (Å²) in [6.45, 7) is 3.53. The number of aromatic nitrogens is 6. The highest BCUT2D eigenvalue weighted by atomic mass is 16.1. The second kappa shape index (κ2) is 6.48. The fourth-order valence-electron chi connectivity index (χ4n) is 4.15. The summed E-state index contributed by atoms with van der Waals surface area (Å²) < 4.78 is 3.44. The van der Waals surface area contributed by atoms with Crippen molar-refractivity contribution in [2.24, 2.45) is 0 Å².